The molecule has 1 unspecified atom stereocenters. The summed E-state index contributed by atoms with van der Waals surface area (Å²) in [6, 6.07) is 12.1. The third-order valence-electron chi connectivity index (χ3n) is 4.12. The average Bonchev–Trinajstić information content (AvgIpc) is 3.18. The van der Waals surface area contributed by atoms with Crippen molar-refractivity contribution in [2.45, 2.75) is 18.9 Å². The van der Waals surface area contributed by atoms with Crippen molar-refractivity contribution < 1.29 is 4.79 Å². The van der Waals surface area contributed by atoms with Gasteiger partial charge in [-0.2, -0.15) is 0 Å². The Morgan fingerprint density at radius 1 is 1.22 bits per heavy atom. The van der Waals surface area contributed by atoms with Gasteiger partial charge in [0.2, 0.25) is 0 Å². The number of nitrogens with zero attached hydrogens (tertiary/aromatic N) is 1. The summed E-state index contributed by atoms with van der Waals surface area (Å²) in [5.74, 6) is -0.168. The predicted molar refractivity (Wildman–Crippen MR) is 96.7 cm³/mol. The summed E-state index contributed by atoms with van der Waals surface area (Å²) in [7, 11) is 0. The van der Waals surface area contributed by atoms with Crippen LogP contribution in [-0.4, -0.2) is 30.4 Å². The number of rotatable bonds is 5. The van der Waals surface area contributed by atoms with Gasteiger partial charge in [0, 0.05) is 6.54 Å². The first kappa shape index (κ1) is 16.8. The lowest BCUT2D eigenvalue weighted by Gasteiger charge is -2.28. The Morgan fingerprint density at radius 2 is 1.91 bits per heavy atom. The number of carbonyl (C=O) groups excluding carboxylic acids is 1. The van der Waals surface area contributed by atoms with Gasteiger partial charge in [-0.3, -0.25) is 9.69 Å². The van der Waals surface area contributed by atoms with Crippen LogP contribution in [0.15, 0.2) is 36.4 Å². The largest absolute Gasteiger partial charge is 0.350 e. The SMILES string of the molecule is O=C(NCC(c1ccccc1)N1CCCC1)c1cc(Cl)sc1Cl. The Hall–Kier alpha value is -1.07. The molecule has 1 N–H and O–H groups in total. The average molecular weight is 369 g/mol. The molecule has 0 spiro atoms. The highest BCUT2D eigenvalue weighted by Gasteiger charge is 2.24. The molecule has 2 heterocycles. The second-order valence-electron chi connectivity index (χ2n) is 5.62. The lowest BCUT2D eigenvalue weighted by atomic mass is 10.1. The van der Waals surface area contributed by atoms with Gasteiger partial charge in [-0.1, -0.05) is 53.5 Å². The quantitative estimate of drug-likeness (QED) is 0.834. The Bertz CT molecular complexity index is 668. The molecule has 1 aliphatic heterocycles. The normalized spacial score (nSPS) is 16.4. The predicted octanol–water partition coefficient (Wildman–Crippen LogP) is 4.62. The first-order valence-corrected chi connectivity index (χ1v) is 9.24. The van der Waals surface area contributed by atoms with E-state index in [-0.39, 0.29) is 11.9 Å². The van der Waals surface area contributed by atoms with Crippen molar-refractivity contribution in [2.24, 2.45) is 0 Å². The Labute approximate surface area is 150 Å². The number of likely N-dealkylation sites (tertiary alicyclic amines) is 1. The van der Waals surface area contributed by atoms with E-state index in [4.69, 9.17) is 23.2 Å². The van der Waals surface area contributed by atoms with Crippen LogP contribution < -0.4 is 5.32 Å². The van der Waals surface area contributed by atoms with Gasteiger partial charge in [-0.15, -0.1) is 11.3 Å². The molecule has 0 saturated carbocycles. The maximum atomic E-state index is 12.4. The number of carbonyl (C=O) groups is 1. The summed E-state index contributed by atoms with van der Waals surface area (Å²) in [4.78, 5) is 14.8. The molecular weight excluding hydrogens is 351 g/mol. The van der Waals surface area contributed by atoms with Crippen molar-refractivity contribution in [2.75, 3.05) is 19.6 Å². The van der Waals surface area contributed by atoms with Crippen molar-refractivity contribution in [3.63, 3.8) is 0 Å². The van der Waals surface area contributed by atoms with Crippen LogP contribution in [0, 0.1) is 0 Å². The molecular formula is C17H18Cl2N2OS. The molecule has 0 aliphatic carbocycles. The summed E-state index contributed by atoms with van der Waals surface area (Å²) >= 11 is 13.2. The molecule has 0 radical (unpaired) electrons. The molecule has 1 aromatic heterocycles. The zero-order valence-corrected chi connectivity index (χ0v) is 14.9. The molecule has 1 fully saturated rings. The van der Waals surface area contributed by atoms with Crippen molar-refractivity contribution >= 4 is 40.4 Å². The molecule has 1 aromatic carbocycles. The van der Waals surface area contributed by atoms with E-state index in [1.54, 1.807) is 6.07 Å². The van der Waals surface area contributed by atoms with Crippen LogP contribution in [0.4, 0.5) is 0 Å². The summed E-state index contributed by atoms with van der Waals surface area (Å²) in [6.07, 6.45) is 2.42. The molecule has 1 saturated heterocycles. The van der Waals surface area contributed by atoms with Crippen LogP contribution in [-0.2, 0) is 0 Å². The number of nitrogens with one attached hydrogen (secondary N) is 1. The van der Waals surface area contributed by atoms with E-state index in [0.29, 0.717) is 20.8 Å². The minimum absolute atomic E-state index is 0.168. The highest BCUT2D eigenvalue weighted by Crippen LogP contribution is 2.31. The Kier molecular flexibility index (Phi) is 5.59. The highest BCUT2D eigenvalue weighted by atomic mass is 35.5. The minimum atomic E-state index is -0.168. The van der Waals surface area contributed by atoms with E-state index >= 15 is 0 Å². The van der Waals surface area contributed by atoms with E-state index in [1.165, 1.54) is 29.7 Å². The molecule has 122 valence electrons. The van der Waals surface area contributed by atoms with E-state index in [9.17, 15) is 4.79 Å². The minimum Gasteiger partial charge on any atom is -0.350 e. The molecule has 23 heavy (non-hydrogen) atoms. The zero-order chi connectivity index (χ0) is 16.2. The summed E-state index contributed by atoms with van der Waals surface area (Å²) in [5, 5.41) is 3.01. The maximum Gasteiger partial charge on any atom is 0.253 e. The van der Waals surface area contributed by atoms with E-state index in [1.807, 2.05) is 18.2 Å². The number of amides is 1. The topological polar surface area (TPSA) is 32.3 Å². The molecule has 6 heteroatoms. The Balaban J connectivity index is 1.71. The standard InChI is InChI=1S/C17H18Cl2N2OS/c18-15-10-13(16(19)23-15)17(22)20-11-14(21-8-4-5-9-21)12-6-2-1-3-7-12/h1-3,6-7,10,14H,4-5,8-9,11H2,(H,20,22). The van der Waals surface area contributed by atoms with Gasteiger partial charge in [-0.05, 0) is 37.6 Å². The van der Waals surface area contributed by atoms with Crippen molar-refractivity contribution in [3.05, 3.63) is 56.2 Å². The molecule has 1 atom stereocenters. The van der Waals surface area contributed by atoms with Gasteiger partial charge in [0.05, 0.1) is 15.9 Å². The smallest absolute Gasteiger partial charge is 0.253 e. The highest BCUT2D eigenvalue weighted by molar-refractivity contribution is 7.20. The van der Waals surface area contributed by atoms with Crippen LogP contribution in [0.1, 0.15) is 34.8 Å². The number of hydrogen-bond acceptors (Lipinski definition) is 3. The number of halogens is 2. The van der Waals surface area contributed by atoms with Crippen LogP contribution in [0.5, 0.6) is 0 Å². The van der Waals surface area contributed by atoms with Gasteiger partial charge in [0.15, 0.2) is 0 Å². The lowest BCUT2D eigenvalue weighted by Crippen LogP contribution is -2.36. The molecule has 3 rings (SSSR count). The molecule has 2 aromatic rings. The summed E-state index contributed by atoms with van der Waals surface area (Å²) in [5.41, 5.74) is 1.68. The zero-order valence-electron chi connectivity index (χ0n) is 12.6. The van der Waals surface area contributed by atoms with Gasteiger partial charge >= 0.3 is 0 Å². The Morgan fingerprint density at radius 3 is 2.52 bits per heavy atom. The molecule has 1 aliphatic rings. The van der Waals surface area contributed by atoms with Crippen LogP contribution in [0.25, 0.3) is 0 Å². The van der Waals surface area contributed by atoms with Crippen LogP contribution >= 0.6 is 34.5 Å². The second-order valence-corrected chi connectivity index (χ2v) is 7.90. The maximum absolute atomic E-state index is 12.4. The third-order valence-corrected chi connectivity index (χ3v) is 5.61. The summed E-state index contributed by atoms with van der Waals surface area (Å²) < 4.78 is 0.962. The van der Waals surface area contributed by atoms with Gasteiger partial charge < -0.3 is 5.32 Å². The van der Waals surface area contributed by atoms with Crippen LogP contribution in [0.3, 0.4) is 0 Å². The van der Waals surface area contributed by atoms with Crippen molar-refractivity contribution in [1.82, 2.24) is 10.2 Å². The number of thiophene rings is 1. The number of benzene rings is 1. The van der Waals surface area contributed by atoms with Gasteiger partial charge in [0.25, 0.3) is 5.91 Å². The first-order valence-electron chi connectivity index (χ1n) is 7.67. The van der Waals surface area contributed by atoms with E-state index < -0.39 is 0 Å². The molecule has 3 nitrogen and oxygen atoms in total. The number of hydrogen-bond donors (Lipinski definition) is 1. The third kappa shape index (κ3) is 4.07. The fourth-order valence-electron chi connectivity index (χ4n) is 2.97. The molecule has 0 bridgehead atoms. The van der Waals surface area contributed by atoms with Crippen molar-refractivity contribution in [3.8, 4) is 0 Å². The van der Waals surface area contributed by atoms with E-state index in [0.717, 1.165) is 13.1 Å². The van der Waals surface area contributed by atoms with E-state index in [2.05, 4.69) is 22.3 Å². The van der Waals surface area contributed by atoms with Crippen LogP contribution in [0.2, 0.25) is 8.67 Å². The van der Waals surface area contributed by atoms with Gasteiger partial charge in [-0.25, -0.2) is 0 Å². The first-order chi connectivity index (χ1) is 11.1. The molecule has 1 amide bonds. The lowest BCUT2D eigenvalue weighted by molar-refractivity contribution is 0.0938. The van der Waals surface area contributed by atoms with Crippen molar-refractivity contribution in [1.29, 1.82) is 0 Å². The monoisotopic (exact) mass is 368 g/mol. The van der Waals surface area contributed by atoms with Gasteiger partial charge in [0.1, 0.15) is 4.34 Å². The fraction of sp³-hybridized carbons (Fsp3) is 0.353. The summed E-state index contributed by atoms with van der Waals surface area (Å²) in [6.45, 7) is 2.70. The fourth-order valence-corrected chi connectivity index (χ4v) is 4.42. The second kappa shape index (κ2) is 7.67.